The van der Waals surface area contributed by atoms with Gasteiger partial charge in [0.2, 0.25) is 11.5 Å². The molecule has 0 radical (unpaired) electrons. The Morgan fingerprint density at radius 2 is 1.86 bits per heavy atom. The molecule has 0 aliphatic carbocycles. The highest BCUT2D eigenvalue weighted by atomic mass is 16.6. The molecule has 1 aromatic carbocycles. The molecule has 29 heavy (non-hydrogen) atoms. The number of ether oxygens (including phenoxy) is 6. The van der Waals surface area contributed by atoms with Crippen molar-refractivity contribution in [2.24, 2.45) is 0 Å². The summed E-state index contributed by atoms with van der Waals surface area (Å²) in [6, 6.07) is 6.50. The Kier molecular flexibility index (Phi) is 6.73. The van der Waals surface area contributed by atoms with Crippen molar-refractivity contribution in [3.8, 4) is 28.4 Å². The molecule has 9 nitrogen and oxygen atoms in total. The molecule has 156 valence electrons. The van der Waals surface area contributed by atoms with Gasteiger partial charge in [-0.3, -0.25) is 0 Å². The molecule has 3 rings (SSSR count). The lowest BCUT2D eigenvalue weighted by Gasteiger charge is -2.23. The van der Waals surface area contributed by atoms with Gasteiger partial charge in [0.1, 0.15) is 24.2 Å². The summed E-state index contributed by atoms with van der Waals surface area (Å²) in [6.07, 6.45) is -0.337. The van der Waals surface area contributed by atoms with Gasteiger partial charge < -0.3 is 32.8 Å². The lowest BCUT2D eigenvalue weighted by atomic mass is 10.0. The second kappa shape index (κ2) is 9.44. The van der Waals surface area contributed by atoms with Crippen molar-refractivity contribution in [3.05, 3.63) is 40.4 Å². The second-order valence-corrected chi connectivity index (χ2v) is 6.05. The summed E-state index contributed by atoms with van der Waals surface area (Å²) in [5, 5.41) is 0. The average Bonchev–Trinajstić information content (AvgIpc) is 2.77. The summed E-state index contributed by atoms with van der Waals surface area (Å²) >= 11 is 0. The maximum absolute atomic E-state index is 12.7. The van der Waals surface area contributed by atoms with Crippen molar-refractivity contribution in [1.29, 1.82) is 0 Å². The first-order chi connectivity index (χ1) is 14.1. The average molecular weight is 406 g/mol. The van der Waals surface area contributed by atoms with Crippen LogP contribution in [-0.4, -0.2) is 59.8 Å². The van der Waals surface area contributed by atoms with Gasteiger partial charge in [-0.15, -0.1) is 0 Å². The van der Waals surface area contributed by atoms with E-state index in [2.05, 4.69) is 4.74 Å². The Morgan fingerprint density at radius 1 is 1.14 bits per heavy atom. The third kappa shape index (κ3) is 4.52. The van der Waals surface area contributed by atoms with Gasteiger partial charge in [0.15, 0.2) is 0 Å². The molecule has 0 amide bonds. The smallest absolute Gasteiger partial charge is 0.379 e. The minimum atomic E-state index is -0.840. The van der Waals surface area contributed by atoms with Crippen LogP contribution in [0.3, 0.4) is 0 Å². The summed E-state index contributed by atoms with van der Waals surface area (Å²) < 4.78 is 37.3. The van der Waals surface area contributed by atoms with E-state index in [1.165, 1.54) is 27.4 Å². The van der Waals surface area contributed by atoms with Gasteiger partial charge in [0.25, 0.3) is 0 Å². The highest BCUT2D eigenvalue weighted by molar-refractivity contribution is 5.90. The van der Waals surface area contributed by atoms with E-state index >= 15 is 0 Å². The Morgan fingerprint density at radius 3 is 2.45 bits per heavy atom. The molecule has 1 fully saturated rings. The lowest BCUT2D eigenvalue weighted by Crippen LogP contribution is -2.34. The molecule has 2 heterocycles. The molecule has 1 aliphatic rings. The van der Waals surface area contributed by atoms with E-state index in [0.717, 1.165) is 0 Å². The van der Waals surface area contributed by atoms with Gasteiger partial charge in [-0.25, -0.2) is 9.59 Å². The molecule has 0 spiro atoms. The monoisotopic (exact) mass is 406 g/mol. The summed E-state index contributed by atoms with van der Waals surface area (Å²) in [5.41, 5.74) is -0.133. The molecule has 1 unspecified atom stereocenters. The standard InChI is InChI=1S/C20H22O9/c1-23-14-5-4-6-15(24-2)17(14)13-9-16(19(21)25-3)29-20(22)18(13)28-11-12-10-26-7-8-27-12/h4-6,9,12H,7-8,10-11H2,1-3H3. The van der Waals surface area contributed by atoms with Crippen LogP contribution in [-0.2, 0) is 14.2 Å². The quantitative estimate of drug-likeness (QED) is 0.638. The molecule has 1 aromatic heterocycles. The molecule has 1 atom stereocenters. The molecule has 9 heteroatoms. The summed E-state index contributed by atoms with van der Waals surface area (Å²) in [6.45, 7) is 1.36. The fourth-order valence-electron chi connectivity index (χ4n) is 2.93. The van der Waals surface area contributed by atoms with Crippen LogP contribution in [0.25, 0.3) is 11.1 Å². The third-order valence-electron chi connectivity index (χ3n) is 4.29. The predicted octanol–water partition coefficient (Wildman–Crippen LogP) is 1.90. The van der Waals surface area contributed by atoms with E-state index in [1.54, 1.807) is 18.2 Å². The fourth-order valence-corrected chi connectivity index (χ4v) is 2.93. The van der Waals surface area contributed by atoms with Crippen molar-refractivity contribution >= 4 is 5.97 Å². The van der Waals surface area contributed by atoms with Gasteiger partial charge in [-0.05, 0) is 12.1 Å². The fraction of sp³-hybridized carbons (Fsp3) is 0.400. The van der Waals surface area contributed by atoms with Crippen LogP contribution in [0.1, 0.15) is 10.6 Å². The van der Waals surface area contributed by atoms with Crippen molar-refractivity contribution in [1.82, 2.24) is 0 Å². The summed E-state index contributed by atoms with van der Waals surface area (Å²) in [5.74, 6) is -0.326. The zero-order chi connectivity index (χ0) is 20.8. The number of hydrogen-bond acceptors (Lipinski definition) is 9. The molecule has 2 aromatic rings. The Labute approximate surface area is 167 Å². The minimum absolute atomic E-state index is 0.0623. The van der Waals surface area contributed by atoms with E-state index in [9.17, 15) is 9.59 Å². The maximum Gasteiger partial charge on any atom is 0.379 e. The number of benzene rings is 1. The number of methoxy groups -OCH3 is 3. The largest absolute Gasteiger partial charge is 0.496 e. The Bertz CT molecular complexity index is 890. The Hall–Kier alpha value is -3.04. The van der Waals surface area contributed by atoms with E-state index in [1.807, 2.05) is 0 Å². The van der Waals surface area contributed by atoms with E-state index in [4.69, 9.17) is 28.1 Å². The lowest BCUT2D eigenvalue weighted by molar-refractivity contribution is -0.101. The molecule has 0 saturated carbocycles. The number of hydrogen-bond donors (Lipinski definition) is 0. The van der Waals surface area contributed by atoms with Crippen LogP contribution in [0.15, 0.2) is 33.5 Å². The van der Waals surface area contributed by atoms with Crippen molar-refractivity contribution < 1.29 is 37.6 Å². The minimum Gasteiger partial charge on any atom is -0.496 e. The van der Waals surface area contributed by atoms with Gasteiger partial charge in [0.05, 0.1) is 46.7 Å². The van der Waals surface area contributed by atoms with E-state index < -0.39 is 11.6 Å². The van der Waals surface area contributed by atoms with Crippen LogP contribution in [0.4, 0.5) is 0 Å². The molecular formula is C20H22O9. The molecule has 1 saturated heterocycles. The van der Waals surface area contributed by atoms with Crippen molar-refractivity contribution in [3.63, 3.8) is 0 Å². The number of esters is 1. The van der Waals surface area contributed by atoms with Crippen LogP contribution >= 0.6 is 0 Å². The van der Waals surface area contributed by atoms with Crippen LogP contribution in [0.2, 0.25) is 0 Å². The van der Waals surface area contributed by atoms with E-state index in [-0.39, 0.29) is 29.8 Å². The van der Waals surface area contributed by atoms with E-state index in [0.29, 0.717) is 36.9 Å². The normalized spacial score (nSPS) is 16.2. The first-order valence-corrected chi connectivity index (χ1v) is 8.89. The number of carbonyl (C=O) groups is 1. The molecule has 0 bridgehead atoms. The van der Waals surface area contributed by atoms with Crippen LogP contribution < -0.4 is 19.8 Å². The first-order valence-electron chi connectivity index (χ1n) is 8.89. The van der Waals surface area contributed by atoms with Gasteiger partial charge >= 0.3 is 11.6 Å². The zero-order valence-electron chi connectivity index (χ0n) is 16.4. The SMILES string of the molecule is COC(=O)c1cc(-c2c(OC)cccc2OC)c(OCC2COCCO2)c(=O)o1. The van der Waals surface area contributed by atoms with Gasteiger partial charge in [0, 0.05) is 11.6 Å². The zero-order valence-corrected chi connectivity index (χ0v) is 16.4. The molecule has 0 N–H and O–H groups in total. The third-order valence-corrected chi connectivity index (χ3v) is 4.29. The first kappa shape index (κ1) is 20.7. The topological polar surface area (TPSA) is 103 Å². The van der Waals surface area contributed by atoms with Crippen molar-refractivity contribution in [2.45, 2.75) is 6.10 Å². The van der Waals surface area contributed by atoms with Gasteiger partial charge in [-0.2, -0.15) is 0 Å². The second-order valence-electron chi connectivity index (χ2n) is 6.05. The highest BCUT2D eigenvalue weighted by Crippen LogP contribution is 2.42. The highest BCUT2D eigenvalue weighted by Gasteiger charge is 2.25. The maximum atomic E-state index is 12.7. The van der Waals surface area contributed by atoms with Crippen LogP contribution in [0.5, 0.6) is 17.2 Å². The van der Waals surface area contributed by atoms with Crippen molar-refractivity contribution in [2.75, 3.05) is 47.8 Å². The molecular weight excluding hydrogens is 384 g/mol. The summed E-state index contributed by atoms with van der Waals surface area (Å²) in [4.78, 5) is 24.7. The Balaban J connectivity index is 2.11. The predicted molar refractivity (Wildman–Crippen MR) is 101 cm³/mol. The number of rotatable bonds is 7. The number of carbonyl (C=O) groups excluding carboxylic acids is 1. The molecule has 1 aliphatic heterocycles. The van der Waals surface area contributed by atoms with Gasteiger partial charge in [-0.1, -0.05) is 6.07 Å². The van der Waals surface area contributed by atoms with Crippen LogP contribution in [0, 0.1) is 0 Å². The summed E-state index contributed by atoms with van der Waals surface area (Å²) in [7, 11) is 4.16.